The van der Waals surface area contributed by atoms with Crippen LogP contribution in [0.2, 0.25) is 8.67 Å². The first kappa shape index (κ1) is 13.7. The monoisotopic (exact) mass is 296 g/mol. The molecule has 1 aromatic rings. The van der Waals surface area contributed by atoms with E-state index in [1.165, 1.54) is 6.07 Å². The average Bonchev–Trinajstić information content (AvgIpc) is 2.44. The number of hydrogen-bond donors (Lipinski definition) is 2. The van der Waals surface area contributed by atoms with Gasteiger partial charge in [-0.05, 0) is 19.9 Å². The second kappa shape index (κ2) is 4.87. The SMILES string of the molecule is CC(C)(NC(=O)c1cc(Cl)sc1Cl)C(N)=S. The van der Waals surface area contributed by atoms with Crippen LogP contribution in [0.4, 0.5) is 0 Å². The van der Waals surface area contributed by atoms with Gasteiger partial charge in [0.25, 0.3) is 5.91 Å². The van der Waals surface area contributed by atoms with Crippen molar-refractivity contribution in [2.24, 2.45) is 5.73 Å². The first-order chi connectivity index (χ1) is 7.24. The zero-order valence-corrected chi connectivity index (χ0v) is 11.8. The van der Waals surface area contributed by atoms with Gasteiger partial charge in [-0.25, -0.2) is 0 Å². The summed E-state index contributed by atoms with van der Waals surface area (Å²) in [6, 6.07) is 1.51. The van der Waals surface area contributed by atoms with Crippen LogP contribution < -0.4 is 11.1 Å². The highest BCUT2D eigenvalue weighted by Crippen LogP contribution is 2.31. The second-order valence-electron chi connectivity index (χ2n) is 3.68. The van der Waals surface area contributed by atoms with Crippen LogP contribution in [-0.4, -0.2) is 16.4 Å². The van der Waals surface area contributed by atoms with Gasteiger partial charge in [-0.15, -0.1) is 11.3 Å². The van der Waals surface area contributed by atoms with Crippen LogP contribution in [0, 0.1) is 0 Å². The van der Waals surface area contributed by atoms with Crippen LogP contribution in [0.15, 0.2) is 6.07 Å². The molecule has 0 saturated carbocycles. The summed E-state index contributed by atoms with van der Waals surface area (Å²) in [5.41, 5.74) is 5.07. The van der Waals surface area contributed by atoms with E-state index in [0.29, 0.717) is 14.2 Å². The molecule has 1 rings (SSSR count). The summed E-state index contributed by atoms with van der Waals surface area (Å²) in [6.45, 7) is 3.43. The molecule has 16 heavy (non-hydrogen) atoms. The lowest BCUT2D eigenvalue weighted by Crippen LogP contribution is -2.52. The zero-order valence-electron chi connectivity index (χ0n) is 8.64. The number of nitrogens with two attached hydrogens (primary N) is 1. The maximum Gasteiger partial charge on any atom is 0.254 e. The zero-order chi connectivity index (χ0) is 12.5. The highest BCUT2D eigenvalue weighted by molar-refractivity contribution is 7.80. The Hall–Kier alpha value is -0.360. The molecule has 1 aromatic heterocycles. The topological polar surface area (TPSA) is 55.1 Å². The number of amides is 1. The highest BCUT2D eigenvalue weighted by Gasteiger charge is 2.25. The van der Waals surface area contributed by atoms with E-state index in [4.69, 9.17) is 41.2 Å². The third-order valence-corrected chi connectivity index (χ3v) is 3.94. The van der Waals surface area contributed by atoms with Crippen molar-refractivity contribution in [1.82, 2.24) is 5.32 Å². The summed E-state index contributed by atoms with van der Waals surface area (Å²) >= 11 is 17.6. The van der Waals surface area contributed by atoms with Crippen molar-refractivity contribution in [2.45, 2.75) is 19.4 Å². The number of carbonyl (C=O) groups excluding carboxylic acids is 1. The van der Waals surface area contributed by atoms with Gasteiger partial charge >= 0.3 is 0 Å². The number of hydrogen-bond acceptors (Lipinski definition) is 3. The maximum absolute atomic E-state index is 11.8. The van der Waals surface area contributed by atoms with Crippen LogP contribution in [0.3, 0.4) is 0 Å². The molecule has 0 radical (unpaired) electrons. The molecule has 0 saturated heterocycles. The predicted octanol–water partition coefficient (Wildman–Crippen LogP) is 2.85. The standard InChI is InChI=1S/C9H10Cl2N2OS2/c1-9(2,8(12)15)13-7(14)4-3-5(10)16-6(4)11/h3H,1-2H3,(H2,12,15)(H,13,14). The van der Waals surface area contributed by atoms with Gasteiger partial charge in [-0.1, -0.05) is 35.4 Å². The van der Waals surface area contributed by atoms with Crippen LogP contribution in [0.5, 0.6) is 0 Å². The molecule has 0 unspecified atom stereocenters. The van der Waals surface area contributed by atoms with E-state index in [1.54, 1.807) is 13.8 Å². The van der Waals surface area contributed by atoms with Crippen LogP contribution in [0.1, 0.15) is 24.2 Å². The average molecular weight is 297 g/mol. The van der Waals surface area contributed by atoms with Crippen molar-refractivity contribution in [3.05, 3.63) is 20.3 Å². The summed E-state index contributed by atoms with van der Waals surface area (Å²) in [7, 11) is 0. The molecule has 0 aliphatic carbocycles. The van der Waals surface area contributed by atoms with Crippen LogP contribution in [-0.2, 0) is 0 Å². The summed E-state index contributed by atoms with van der Waals surface area (Å²) in [5.74, 6) is -0.342. The summed E-state index contributed by atoms with van der Waals surface area (Å²) in [4.78, 5) is 12.0. The van der Waals surface area contributed by atoms with E-state index in [2.05, 4.69) is 5.32 Å². The quantitative estimate of drug-likeness (QED) is 0.844. The molecule has 88 valence electrons. The van der Waals surface area contributed by atoms with E-state index >= 15 is 0 Å². The smallest absolute Gasteiger partial charge is 0.254 e. The number of thiocarbonyl (C=S) groups is 1. The van der Waals surface area contributed by atoms with Gasteiger partial charge in [0.1, 0.15) is 4.34 Å². The van der Waals surface area contributed by atoms with Crippen molar-refractivity contribution >= 4 is 57.7 Å². The molecule has 7 heteroatoms. The van der Waals surface area contributed by atoms with Gasteiger partial charge in [0.2, 0.25) is 0 Å². The fourth-order valence-electron chi connectivity index (χ4n) is 0.908. The molecule has 0 spiro atoms. The molecule has 0 aliphatic rings. The van der Waals surface area contributed by atoms with Crippen LogP contribution >= 0.6 is 46.8 Å². The normalized spacial score (nSPS) is 11.2. The second-order valence-corrected chi connectivity index (χ2v) is 6.41. The van der Waals surface area contributed by atoms with Gasteiger partial charge < -0.3 is 11.1 Å². The molecule has 3 nitrogen and oxygen atoms in total. The van der Waals surface area contributed by atoms with Gasteiger partial charge in [0.05, 0.1) is 20.4 Å². The molecule has 1 amide bonds. The van der Waals surface area contributed by atoms with Crippen LogP contribution in [0.25, 0.3) is 0 Å². The number of halogens is 2. The number of rotatable bonds is 3. The third kappa shape index (κ3) is 3.07. The van der Waals surface area contributed by atoms with E-state index in [9.17, 15) is 4.79 Å². The minimum Gasteiger partial charge on any atom is -0.391 e. The largest absolute Gasteiger partial charge is 0.391 e. The molecular weight excluding hydrogens is 287 g/mol. The Labute approximate surface area is 113 Å². The van der Waals surface area contributed by atoms with Crippen molar-refractivity contribution in [3.63, 3.8) is 0 Å². The van der Waals surface area contributed by atoms with Gasteiger partial charge in [-0.3, -0.25) is 4.79 Å². The first-order valence-corrected chi connectivity index (χ1v) is 6.29. The third-order valence-electron chi connectivity index (χ3n) is 1.94. The minimum absolute atomic E-state index is 0.207. The summed E-state index contributed by atoms with van der Waals surface area (Å²) < 4.78 is 0.810. The number of carbonyl (C=O) groups is 1. The number of thiophene rings is 1. The summed E-state index contributed by atoms with van der Waals surface area (Å²) in [6.07, 6.45) is 0. The molecule has 0 atom stereocenters. The van der Waals surface area contributed by atoms with E-state index in [1.807, 2.05) is 0 Å². The van der Waals surface area contributed by atoms with E-state index < -0.39 is 5.54 Å². The van der Waals surface area contributed by atoms with Crippen molar-refractivity contribution < 1.29 is 4.79 Å². The molecule has 0 aliphatic heterocycles. The maximum atomic E-state index is 11.8. The van der Waals surface area contributed by atoms with Gasteiger partial charge in [0, 0.05) is 0 Å². The summed E-state index contributed by atoms with van der Waals surface area (Å²) in [5, 5.41) is 2.68. The number of nitrogens with one attached hydrogen (secondary N) is 1. The first-order valence-electron chi connectivity index (χ1n) is 4.31. The minimum atomic E-state index is -0.760. The van der Waals surface area contributed by atoms with Crippen molar-refractivity contribution in [2.75, 3.05) is 0 Å². The van der Waals surface area contributed by atoms with Gasteiger partial charge in [-0.2, -0.15) is 0 Å². The Bertz CT molecular complexity index is 443. The van der Waals surface area contributed by atoms with Crippen molar-refractivity contribution in [1.29, 1.82) is 0 Å². The highest BCUT2D eigenvalue weighted by atomic mass is 35.5. The Kier molecular flexibility index (Phi) is 4.17. The van der Waals surface area contributed by atoms with Gasteiger partial charge in [0.15, 0.2) is 0 Å². The Morgan fingerprint density at radius 1 is 1.56 bits per heavy atom. The fraction of sp³-hybridized carbons (Fsp3) is 0.333. The van der Waals surface area contributed by atoms with E-state index in [0.717, 1.165) is 11.3 Å². The van der Waals surface area contributed by atoms with E-state index in [-0.39, 0.29) is 10.9 Å². The lowest BCUT2D eigenvalue weighted by molar-refractivity contribution is 0.0933. The Balaban J connectivity index is 2.89. The molecule has 0 fully saturated rings. The van der Waals surface area contributed by atoms with Crippen molar-refractivity contribution in [3.8, 4) is 0 Å². The molecular formula is C9H10Cl2N2OS2. The predicted molar refractivity (Wildman–Crippen MR) is 72.7 cm³/mol. The fourth-order valence-corrected chi connectivity index (χ4v) is 2.42. The lowest BCUT2D eigenvalue weighted by Gasteiger charge is -2.24. The Morgan fingerprint density at radius 2 is 2.12 bits per heavy atom. The molecule has 1 heterocycles. The molecule has 3 N–H and O–H groups in total. The molecule has 0 aromatic carbocycles. The molecule has 0 bridgehead atoms. The lowest BCUT2D eigenvalue weighted by atomic mass is 10.1. The Morgan fingerprint density at radius 3 is 2.50 bits per heavy atom.